The maximum atomic E-state index is 6.53. The predicted molar refractivity (Wildman–Crippen MR) is 79.4 cm³/mol. The highest BCUT2D eigenvalue weighted by Gasteiger charge is 2.26. The van der Waals surface area contributed by atoms with Crippen LogP contribution >= 0.6 is 0 Å². The smallest absolute Gasteiger partial charge is 0.161 e. The van der Waals surface area contributed by atoms with E-state index in [1.54, 1.807) is 13.3 Å². The molecule has 4 nitrogen and oxygen atoms in total. The van der Waals surface area contributed by atoms with E-state index in [2.05, 4.69) is 32.8 Å². The Labute approximate surface area is 117 Å². The van der Waals surface area contributed by atoms with Crippen LogP contribution in [0.2, 0.25) is 0 Å². The third kappa shape index (κ3) is 3.72. The van der Waals surface area contributed by atoms with Gasteiger partial charge < -0.3 is 10.5 Å². The van der Waals surface area contributed by atoms with Crippen molar-refractivity contribution < 1.29 is 4.74 Å². The van der Waals surface area contributed by atoms with E-state index in [0.29, 0.717) is 12.0 Å². The zero-order chi connectivity index (χ0) is 14.4. The maximum Gasteiger partial charge on any atom is 0.161 e. The van der Waals surface area contributed by atoms with Crippen molar-refractivity contribution >= 4 is 0 Å². The molecule has 1 aromatic rings. The van der Waals surface area contributed by atoms with Crippen LogP contribution in [0.4, 0.5) is 0 Å². The van der Waals surface area contributed by atoms with Gasteiger partial charge in [-0.15, -0.1) is 0 Å². The average molecular weight is 267 g/mol. The van der Waals surface area contributed by atoms with E-state index in [-0.39, 0.29) is 6.04 Å². The lowest BCUT2D eigenvalue weighted by Crippen LogP contribution is -2.26. The van der Waals surface area contributed by atoms with E-state index in [1.807, 2.05) is 4.68 Å². The second-order valence-corrected chi connectivity index (χ2v) is 5.50. The summed E-state index contributed by atoms with van der Waals surface area (Å²) in [7, 11) is 1.69. The van der Waals surface area contributed by atoms with Gasteiger partial charge in [-0.2, -0.15) is 5.10 Å². The van der Waals surface area contributed by atoms with E-state index < -0.39 is 0 Å². The summed E-state index contributed by atoms with van der Waals surface area (Å²) < 4.78 is 7.44. The number of ether oxygens (including phenoxy) is 1. The highest BCUT2D eigenvalue weighted by molar-refractivity contribution is 5.29. The lowest BCUT2D eigenvalue weighted by molar-refractivity contribution is 0.328. The number of hydrogen-bond donors (Lipinski definition) is 1. The van der Waals surface area contributed by atoms with Crippen molar-refractivity contribution in [2.45, 2.75) is 65.5 Å². The van der Waals surface area contributed by atoms with Gasteiger partial charge in [0, 0.05) is 6.04 Å². The number of aromatic nitrogens is 2. The third-order valence-corrected chi connectivity index (χ3v) is 3.65. The first-order chi connectivity index (χ1) is 9.06. The van der Waals surface area contributed by atoms with Gasteiger partial charge >= 0.3 is 0 Å². The third-order valence-electron chi connectivity index (χ3n) is 3.65. The number of methoxy groups -OCH3 is 1. The molecule has 0 amide bonds. The number of nitrogens with two attached hydrogens (primary N) is 1. The number of rotatable bonds is 8. The second kappa shape index (κ2) is 7.53. The van der Waals surface area contributed by atoms with E-state index in [1.165, 1.54) is 0 Å². The molecule has 0 aromatic carbocycles. The van der Waals surface area contributed by atoms with Crippen molar-refractivity contribution in [2.24, 2.45) is 11.7 Å². The lowest BCUT2D eigenvalue weighted by Gasteiger charge is -2.25. The zero-order valence-electron chi connectivity index (χ0n) is 13.0. The minimum atomic E-state index is -0.000231. The van der Waals surface area contributed by atoms with Crippen LogP contribution in [-0.2, 0) is 0 Å². The summed E-state index contributed by atoms with van der Waals surface area (Å²) in [5.74, 6) is 1.32. The van der Waals surface area contributed by atoms with Gasteiger partial charge in [0.05, 0.1) is 25.0 Å². The second-order valence-electron chi connectivity index (χ2n) is 5.50. The maximum absolute atomic E-state index is 6.53. The fourth-order valence-electron chi connectivity index (χ4n) is 2.71. The van der Waals surface area contributed by atoms with Crippen LogP contribution in [0.3, 0.4) is 0 Å². The monoisotopic (exact) mass is 267 g/mol. The molecule has 1 atom stereocenters. The fraction of sp³-hybridized carbons (Fsp3) is 0.800. The Hall–Kier alpha value is -1.03. The molecule has 1 heterocycles. The molecule has 19 heavy (non-hydrogen) atoms. The van der Waals surface area contributed by atoms with Crippen LogP contribution in [0.25, 0.3) is 0 Å². The summed E-state index contributed by atoms with van der Waals surface area (Å²) in [5, 5.41) is 4.42. The summed E-state index contributed by atoms with van der Waals surface area (Å²) in [6, 6.07) is 0.300. The number of nitrogens with zero attached hydrogens (tertiary/aromatic N) is 2. The molecule has 110 valence electrons. The van der Waals surface area contributed by atoms with Crippen LogP contribution in [0.1, 0.15) is 71.2 Å². The molecule has 0 spiro atoms. The SMILES string of the molecule is CCCC(CCC)C(N)c1c(OC)cnn1C(C)C. The summed E-state index contributed by atoms with van der Waals surface area (Å²) in [6.45, 7) is 8.67. The molecule has 0 fully saturated rings. The molecule has 0 aliphatic rings. The number of hydrogen-bond acceptors (Lipinski definition) is 3. The molecule has 0 saturated carbocycles. The Balaban J connectivity index is 3.06. The minimum absolute atomic E-state index is 0.000231. The Bertz CT molecular complexity index is 367. The van der Waals surface area contributed by atoms with Gasteiger partial charge in [0.15, 0.2) is 5.75 Å². The first-order valence-electron chi connectivity index (χ1n) is 7.43. The van der Waals surface area contributed by atoms with Gasteiger partial charge in [-0.1, -0.05) is 26.7 Å². The van der Waals surface area contributed by atoms with Crippen LogP contribution in [0, 0.1) is 5.92 Å². The molecule has 0 aliphatic carbocycles. The molecule has 1 unspecified atom stereocenters. The topological polar surface area (TPSA) is 53.1 Å². The highest BCUT2D eigenvalue weighted by atomic mass is 16.5. The molecular formula is C15H29N3O. The van der Waals surface area contributed by atoms with Crippen LogP contribution in [0.15, 0.2) is 6.20 Å². The standard InChI is InChI=1S/C15H29N3O/c1-6-8-12(9-7-2)14(16)15-13(19-5)10-17-18(15)11(3)4/h10-12,14H,6-9,16H2,1-5H3. The molecule has 1 rings (SSSR count). The molecule has 4 heteroatoms. The minimum Gasteiger partial charge on any atom is -0.493 e. The lowest BCUT2D eigenvalue weighted by atomic mass is 9.88. The van der Waals surface area contributed by atoms with Gasteiger partial charge in [-0.05, 0) is 32.6 Å². The van der Waals surface area contributed by atoms with Crippen molar-refractivity contribution in [3.05, 3.63) is 11.9 Å². The predicted octanol–water partition coefficient (Wildman–Crippen LogP) is 3.69. The summed E-state index contributed by atoms with van der Waals surface area (Å²) in [5.41, 5.74) is 7.58. The van der Waals surface area contributed by atoms with E-state index in [9.17, 15) is 0 Å². The molecule has 1 aromatic heterocycles. The summed E-state index contributed by atoms with van der Waals surface area (Å²) >= 11 is 0. The van der Waals surface area contributed by atoms with Crippen LogP contribution < -0.4 is 10.5 Å². The van der Waals surface area contributed by atoms with Crippen molar-refractivity contribution in [3.63, 3.8) is 0 Å². The molecule has 0 bridgehead atoms. The van der Waals surface area contributed by atoms with Crippen molar-refractivity contribution in [3.8, 4) is 5.75 Å². The average Bonchev–Trinajstić information content (AvgIpc) is 2.81. The van der Waals surface area contributed by atoms with Gasteiger partial charge in [-0.3, -0.25) is 4.68 Å². The fourth-order valence-corrected chi connectivity index (χ4v) is 2.71. The van der Waals surface area contributed by atoms with Gasteiger partial charge in [0.1, 0.15) is 0 Å². The van der Waals surface area contributed by atoms with E-state index in [0.717, 1.165) is 37.1 Å². The van der Waals surface area contributed by atoms with Crippen LogP contribution in [-0.4, -0.2) is 16.9 Å². The summed E-state index contributed by atoms with van der Waals surface area (Å²) in [4.78, 5) is 0. The molecular weight excluding hydrogens is 238 g/mol. The zero-order valence-corrected chi connectivity index (χ0v) is 13.0. The summed E-state index contributed by atoms with van der Waals surface area (Å²) in [6.07, 6.45) is 6.42. The van der Waals surface area contributed by atoms with Crippen LogP contribution in [0.5, 0.6) is 5.75 Å². The van der Waals surface area contributed by atoms with E-state index in [4.69, 9.17) is 10.5 Å². The Morgan fingerprint density at radius 1 is 1.26 bits per heavy atom. The van der Waals surface area contributed by atoms with E-state index >= 15 is 0 Å². The molecule has 0 aliphatic heterocycles. The first-order valence-corrected chi connectivity index (χ1v) is 7.43. The molecule has 0 radical (unpaired) electrons. The first kappa shape index (κ1) is 16.0. The Morgan fingerprint density at radius 3 is 2.26 bits per heavy atom. The van der Waals surface area contributed by atoms with Crippen molar-refractivity contribution in [2.75, 3.05) is 7.11 Å². The molecule has 0 saturated heterocycles. The highest BCUT2D eigenvalue weighted by Crippen LogP contribution is 2.34. The molecule has 2 N–H and O–H groups in total. The Kier molecular flexibility index (Phi) is 6.35. The largest absolute Gasteiger partial charge is 0.493 e. The van der Waals surface area contributed by atoms with Crippen molar-refractivity contribution in [1.29, 1.82) is 0 Å². The van der Waals surface area contributed by atoms with Gasteiger partial charge in [0.2, 0.25) is 0 Å². The Morgan fingerprint density at radius 2 is 1.84 bits per heavy atom. The quantitative estimate of drug-likeness (QED) is 0.781. The normalized spacial score (nSPS) is 13.3. The van der Waals surface area contributed by atoms with Gasteiger partial charge in [-0.25, -0.2) is 0 Å². The van der Waals surface area contributed by atoms with Crippen molar-refractivity contribution in [1.82, 2.24) is 9.78 Å². The van der Waals surface area contributed by atoms with Gasteiger partial charge in [0.25, 0.3) is 0 Å².